The van der Waals surface area contributed by atoms with E-state index in [4.69, 9.17) is 4.74 Å². The first-order valence-electron chi connectivity index (χ1n) is 10.9. The van der Waals surface area contributed by atoms with E-state index < -0.39 is 39.2 Å². The third kappa shape index (κ3) is 7.57. The highest BCUT2D eigenvalue weighted by molar-refractivity contribution is 7.89. The summed E-state index contributed by atoms with van der Waals surface area (Å²) in [4.78, 5) is 23.8. The molecule has 0 spiro atoms. The lowest BCUT2D eigenvalue weighted by molar-refractivity contribution is -0.124. The SMILES string of the molecule is CC(C)CCCC(C)NC(=O)COC(=O)c1ccc(F)c(S(=O)(=O)N2CCCCC2)c1. The molecule has 0 radical (unpaired) electrons. The van der Waals surface area contributed by atoms with E-state index in [0.29, 0.717) is 31.8 Å². The van der Waals surface area contributed by atoms with E-state index in [0.717, 1.165) is 43.9 Å². The fraction of sp³-hybridized carbons (Fsp3) is 0.636. The molecule has 1 N–H and O–H groups in total. The molecule has 0 aromatic heterocycles. The maximum Gasteiger partial charge on any atom is 0.338 e. The zero-order chi connectivity index (χ0) is 23.0. The highest BCUT2D eigenvalue weighted by Crippen LogP contribution is 2.24. The van der Waals surface area contributed by atoms with Gasteiger partial charge in [-0.3, -0.25) is 4.79 Å². The normalized spacial score (nSPS) is 16.2. The molecule has 7 nitrogen and oxygen atoms in total. The molecule has 1 aliphatic heterocycles. The van der Waals surface area contributed by atoms with Gasteiger partial charge in [0, 0.05) is 19.1 Å². The molecule has 174 valence electrons. The Balaban J connectivity index is 1.95. The molecule has 0 bridgehead atoms. The summed E-state index contributed by atoms with van der Waals surface area (Å²) in [7, 11) is -4.04. The van der Waals surface area contributed by atoms with Gasteiger partial charge in [-0.25, -0.2) is 17.6 Å². The Morgan fingerprint density at radius 1 is 1.13 bits per heavy atom. The van der Waals surface area contributed by atoms with Gasteiger partial charge in [0.05, 0.1) is 5.56 Å². The highest BCUT2D eigenvalue weighted by Gasteiger charge is 2.29. The van der Waals surface area contributed by atoms with Crippen molar-refractivity contribution in [2.45, 2.75) is 70.2 Å². The Morgan fingerprint density at radius 3 is 2.45 bits per heavy atom. The Hall–Kier alpha value is -2.00. The van der Waals surface area contributed by atoms with Crippen molar-refractivity contribution >= 4 is 21.9 Å². The Bertz CT molecular complexity index is 867. The van der Waals surface area contributed by atoms with Gasteiger partial charge in [0.25, 0.3) is 5.91 Å². The molecule has 1 amide bonds. The fourth-order valence-electron chi connectivity index (χ4n) is 3.51. The number of piperidine rings is 1. The first kappa shape index (κ1) is 25.3. The Morgan fingerprint density at radius 2 is 1.81 bits per heavy atom. The minimum Gasteiger partial charge on any atom is -0.452 e. The van der Waals surface area contributed by atoms with E-state index in [1.807, 2.05) is 6.92 Å². The maximum atomic E-state index is 14.3. The molecule has 1 atom stereocenters. The molecule has 1 unspecified atom stereocenters. The number of sulfonamides is 1. The number of carbonyl (C=O) groups is 2. The molecule has 31 heavy (non-hydrogen) atoms. The van der Waals surface area contributed by atoms with Crippen LogP contribution in [0.25, 0.3) is 0 Å². The molecule has 1 heterocycles. The number of ether oxygens (including phenoxy) is 1. The number of benzene rings is 1. The van der Waals surface area contributed by atoms with E-state index in [-0.39, 0.29) is 11.6 Å². The van der Waals surface area contributed by atoms with E-state index in [9.17, 15) is 22.4 Å². The summed E-state index contributed by atoms with van der Waals surface area (Å²) in [5.41, 5.74) is -0.116. The van der Waals surface area contributed by atoms with Crippen molar-refractivity contribution in [3.05, 3.63) is 29.6 Å². The number of hydrogen-bond acceptors (Lipinski definition) is 5. The van der Waals surface area contributed by atoms with Crippen molar-refractivity contribution in [1.82, 2.24) is 9.62 Å². The van der Waals surface area contributed by atoms with Crippen molar-refractivity contribution in [2.24, 2.45) is 5.92 Å². The van der Waals surface area contributed by atoms with Gasteiger partial charge < -0.3 is 10.1 Å². The lowest BCUT2D eigenvalue weighted by atomic mass is 10.0. The van der Waals surface area contributed by atoms with Gasteiger partial charge >= 0.3 is 5.97 Å². The largest absolute Gasteiger partial charge is 0.452 e. The molecule has 1 aromatic rings. The van der Waals surface area contributed by atoms with Crippen LogP contribution in [0.2, 0.25) is 0 Å². The number of amides is 1. The van der Waals surface area contributed by atoms with Crippen LogP contribution in [0.1, 0.15) is 69.7 Å². The van der Waals surface area contributed by atoms with Crippen LogP contribution < -0.4 is 5.32 Å². The van der Waals surface area contributed by atoms with Crippen LogP contribution in [0.5, 0.6) is 0 Å². The molecule has 2 rings (SSSR count). The quantitative estimate of drug-likeness (QED) is 0.544. The monoisotopic (exact) mass is 456 g/mol. The average Bonchev–Trinajstić information content (AvgIpc) is 2.72. The fourth-order valence-corrected chi connectivity index (χ4v) is 5.12. The Labute approximate surface area is 184 Å². The summed E-state index contributed by atoms with van der Waals surface area (Å²) in [6.45, 7) is 6.33. The smallest absolute Gasteiger partial charge is 0.338 e. The molecule has 0 saturated carbocycles. The van der Waals surface area contributed by atoms with Gasteiger partial charge in [-0.2, -0.15) is 4.31 Å². The van der Waals surface area contributed by atoms with Crippen LogP contribution in [-0.2, 0) is 19.6 Å². The third-order valence-corrected chi connectivity index (χ3v) is 7.17. The number of rotatable bonds is 10. The molecule has 9 heteroatoms. The van der Waals surface area contributed by atoms with E-state index >= 15 is 0 Å². The maximum absolute atomic E-state index is 14.3. The van der Waals surface area contributed by atoms with E-state index in [1.54, 1.807) is 0 Å². The topological polar surface area (TPSA) is 92.8 Å². The standard InChI is InChI=1S/C22H33FN2O5S/c1-16(2)8-7-9-17(3)24-21(26)15-30-22(27)18-10-11-19(23)20(14-18)31(28,29)25-12-5-4-6-13-25/h10-11,14,16-17H,4-9,12-13,15H2,1-3H3,(H,24,26). The second-order valence-corrected chi connectivity index (χ2v) is 10.4. The predicted molar refractivity (Wildman–Crippen MR) is 116 cm³/mol. The molecular weight excluding hydrogens is 423 g/mol. The number of nitrogens with zero attached hydrogens (tertiary/aromatic N) is 1. The van der Waals surface area contributed by atoms with Crippen molar-refractivity contribution in [1.29, 1.82) is 0 Å². The molecular formula is C22H33FN2O5S. The zero-order valence-electron chi connectivity index (χ0n) is 18.5. The van der Waals surface area contributed by atoms with Crippen LogP contribution in [0.15, 0.2) is 23.1 Å². The van der Waals surface area contributed by atoms with E-state index in [1.165, 1.54) is 4.31 Å². The Kier molecular flexibility index (Phi) is 9.43. The van der Waals surface area contributed by atoms with Crippen molar-refractivity contribution in [3.63, 3.8) is 0 Å². The third-order valence-electron chi connectivity index (χ3n) is 5.26. The van der Waals surface area contributed by atoms with Gasteiger partial charge in [0.1, 0.15) is 10.7 Å². The van der Waals surface area contributed by atoms with Gasteiger partial charge in [-0.1, -0.05) is 33.1 Å². The number of halogens is 1. The van der Waals surface area contributed by atoms with Gasteiger partial charge in [0.15, 0.2) is 6.61 Å². The number of carbonyl (C=O) groups excluding carboxylic acids is 2. The van der Waals surface area contributed by atoms with Gasteiger partial charge in [0.2, 0.25) is 10.0 Å². The van der Waals surface area contributed by atoms with Crippen LogP contribution in [0.4, 0.5) is 4.39 Å². The van der Waals surface area contributed by atoms with Crippen molar-refractivity contribution < 1.29 is 27.1 Å². The van der Waals surface area contributed by atoms with Crippen LogP contribution in [0, 0.1) is 11.7 Å². The lowest BCUT2D eigenvalue weighted by Gasteiger charge is -2.26. The summed E-state index contributed by atoms with van der Waals surface area (Å²) < 4.78 is 46.0. The van der Waals surface area contributed by atoms with Crippen LogP contribution in [-0.4, -0.2) is 50.3 Å². The average molecular weight is 457 g/mol. The van der Waals surface area contributed by atoms with Crippen molar-refractivity contribution in [2.75, 3.05) is 19.7 Å². The summed E-state index contributed by atoms with van der Waals surface area (Å²) in [5, 5.41) is 2.77. The summed E-state index contributed by atoms with van der Waals surface area (Å²) in [6, 6.07) is 3.02. The van der Waals surface area contributed by atoms with Crippen molar-refractivity contribution in [3.8, 4) is 0 Å². The zero-order valence-corrected chi connectivity index (χ0v) is 19.3. The minimum absolute atomic E-state index is 0.0444. The molecule has 1 aliphatic rings. The molecule has 1 fully saturated rings. The molecule has 1 saturated heterocycles. The lowest BCUT2D eigenvalue weighted by Crippen LogP contribution is -2.36. The number of hydrogen-bond donors (Lipinski definition) is 1. The number of nitrogens with one attached hydrogen (secondary N) is 1. The minimum atomic E-state index is -4.04. The summed E-state index contributed by atoms with van der Waals surface area (Å²) in [6.07, 6.45) is 5.25. The van der Waals surface area contributed by atoms with Gasteiger partial charge in [-0.15, -0.1) is 0 Å². The summed E-state index contributed by atoms with van der Waals surface area (Å²) >= 11 is 0. The number of esters is 1. The molecule has 0 aliphatic carbocycles. The molecule has 1 aromatic carbocycles. The second kappa shape index (κ2) is 11.6. The van der Waals surface area contributed by atoms with Gasteiger partial charge in [-0.05, 0) is 50.3 Å². The predicted octanol–water partition coefficient (Wildman–Crippen LogP) is 3.49. The first-order chi connectivity index (χ1) is 14.6. The van der Waals surface area contributed by atoms with E-state index in [2.05, 4.69) is 19.2 Å². The first-order valence-corrected chi connectivity index (χ1v) is 12.3. The highest BCUT2D eigenvalue weighted by atomic mass is 32.2. The summed E-state index contributed by atoms with van der Waals surface area (Å²) in [5.74, 6) is -1.63. The second-order valence-electron chi connectivity index (χ2n) is 8.48. The van der Waals surface area contributed by atoms with Crippen LogP contribution >= 0.6 is 0 Å². The van der Waals surface area contributed by atoms with Crippen LogP contribution in [0.3, 0.4) is 0 Å².